The second kappa shape index (κ2) is 5.44. The van der Waals surface area contributed by atoms with Gasteiger partial charge in [0, 0.05) is 6.20 Å². The SMILES string of the molecule is CCCC[C@@H]1C[C@]1(CO)Nc1nc(N)nc2cccnc12. The number of aromatic nitrogens is 3. The van der Waals surface area contributed by atoms with Gasteiger partial charge in [0.05, 0.1) is 17.7 Å². The molecule has 0 unspecified atom stereocenters. The molecule has 0 radical (unpaired) electrons. The monoisotopic (exact) mass is 287 g/mol. The quantitative estimate of drug-likeness (QED) is 0.751. The maximum Gasteiger partial charge on any atom is 0.222 e. The summed E-state index contributed by atoms with van der Waals surface area (Å²) >= 11 is 0. The van der Waals surface area contributed by atoms with Crippen molar-refractivity contribution in [2.75, 3.05) is 17.7 Å². The molecule has 0 bridgehead atoms. The fourth-order valence-corrected chi connectivity index (χ4v) is 2.90. The highest BCUT2D eigenvalue weighted by atomic mass is 16.3. The van der Waals surface area contributed by atoms with Crippen LogP contribution >= 0.6 is 0 Å². The van der Waals surface area contributed by atoms with Crippen LogP contribution in [0, 0.1) is 5.92 Å². The van der Waals surface area contributed by atoms with Crippen LogP contribution in [-0.4, -0.2) is 32.2 Å². The molecule has 0 aromatic carbocycles. The number of fused-ring (bicyclic) bond motifs is 1. The van der Waals surface area contributed by atoms with Crippen LogP contribution in [0.2, 0.25) is 0 Å². The molecule has 112 valence electrons. The Bertz CT molecular complexity index is 647. The van der Waals surface area contributed by atoms with E-state index in [-0.39, 0.29) is 18.1 Å². The van der Waals surface area contributed by atoms with Gasteiger partial charge in [0.25, 0.3) is 0 Å². The summed E-state index contributed by atoms with van der Waals surface area (Å²) in [7, 11) is 0. The molecular weight excluding hydrogens is 266 g/mol. The van der Waals surface area contributed by atoms with E-state index < -0.39 is 0 Å². The number of rotatable bonds is 6. The first-order chi connectivity index (χ1) is 10.2. The van der Waals surface area contributed by atoms with Crippen molar-refractivity contribution >= 4 is 22.8 Å². The smallest absolute Gasteiger partial charge is 0.222 e. The molecule has 1 aliphatic rings. The number of pyridine rings is 1. The van der Waals surface area contributed by atoms with Crippen molar-refractivity contribution in [3.63, 3.8) is 0 Å². The summed E-state index contributed by atoms with van der Waals surface area (Å²) in [5.41, 5.74) is 6.90. The molecule has 21 heavy (non-hydrogen) atoms. The minimum Gasteiger partial charge on any atom is -0.394 e. The van der Waals surface area contributed by atoms with Gasteiger partial charge in [-0.3, -0.25) is 4.98 Å². The van der Waals surface area contributed by atoms with Gasteiger partial charge in [0.15, 0.2) is 5.82 Å². The second-order valence-electron chi connectivity index (χ2n) is 5.78. The van der Waals surface area contributed by atoms with Crippen molar-refractivity contribution in [1.82, 2.24) is 15.0 Å². The van der Waals surface area contributed by atoms with Crippen LogP contribution in [0.5, 0.6) is 0 Å². The molecule has 2 heterocycles. The summed E-state index contributed by atoms with van der Waals surface area (Å²) in [6, 6.07) is 3.68. The van der Waals surface area contributed by atoms with Crippen LogP contribution in [0.1, 0.15) is 32.6 Å². The zero-order chi connectivity index (χ0) is 14.9. The third kappa shape index (κ3) is 2.63. The number of nitrogens with two attached hydrogens (primary N) is 1. The molecule has 2 aromatic heterocycles. The first kappa shape index (κ1) is 14.0. The second-order valence-corrected chi connectivity index (χ2v) is 5.78. The Morgan fingerprint density at radius 1 is 1.48 bits per heavy atom. The van der Waals surface area contributed by atoms with Crippen LogP contribution in [0.25, 0.3) is 11.0 Å². The first-order valence-electron chi connectivity index (χ1n) is 7.46. The maximum absolute atomic E-state index is 9.77. The molecule has 2 atom stereocenters. The Labute approximate surface area is 123 Å². The Morgan fingerprint density at radius 2 is 2.33 bits per heavy atom. The van der Waals surface area contributed by atoms with E-state index in [2.05, 4.69) is 27.2 Å². The molecular formula is C15H21N5O. The molecule has 0 amide bonds. The number of hydrogen-bond donors (Lipinski definition) is 3. The van der Waals surface area contributed by atoms with Crippen LogP contribution in [0.4, 0.5) is 11.8 Å². The Kier molecular flexibility index (Phi) is 3.63. The van der Waals surface area contributed by atoms with Gasteiger partial charge in [-0.1, -0.05) is 19.8 Å². The fraction of sp³-hybridized carbons (Fsp3) is 0.533. The zero-order valence-corrected chi connectivity index (χ0v) is 12.2. The molecule has 4 N–H and O–H groups in total. The highest BCUT2D eigenvalue weighted by molar-refractivity contribution is 5.86. The third-order valence-corrected chi connectivity index (χ3v) is 4.26. The lowest BCUT2D eigenvalue weighted by Gasteiger charge is -2.18. The van der Waals surface area contributed by atoms with Gasteiger partial charge in [0.1, 0.15) is 5.52 Å². The molecule has 6 heteroatoms. The topological polar surface area (TPSA) is 97.0 Å². The molecule has 6 nitrogen and oxygen atoms in total. The minimum absolute atomic E-state index is 0.0968. The van der Waals surface area contributed by atoms with E-state index in [1.54, 1.807) is 6.20 Å². The molecule has 0 aliphatic heterocycles. The summed E-state index contributed by atoms with van der Waals surface area (Å²) in [4.78, 5) is 12.8. The van der Waals surface area contributed by atoms with Gasteiger partial charge < -0.3 is 16.2 Å². The van der Waals surface area contributed by atoms with Crippen molar-refractivity contribution in [2.24, 2.45) is 5.92 Å². The summed E-state index contributed by atoms with van der Waals surface area (Å²) in [6.45, 7) is 2.28. The Hall–Kier alpha value is -1.95. The summed E-state index contributed by atoms with van der Waals surface area (Å²) in [5.74, 6) is 1.32. The standard InChI is InChI=1S/C15H21N5O/c1-2-3-5-10-8-15(10,9-21)20-13-12-11(6-4-7-17-12)18-14(16)19-13/h4,6-7,10,21H,2-3,5,8-9H2,1H3,(H3,16,18,19,20)/t10-,15-/m1/s1. The number of nitrogens with zero attached hydrogens (tertiary/aromatic N) is 3. The van der Waals surface area contributed by atoms with E-state index in [9.17, 15) is 5.11 Å². The van der Waals surface area contributed by atoms with Crippen molar-refractivity contribution in [1.29, 1.82) is 0 Å². The van der Waals surface area contributed by atoms with Crippen LogP contribution in [0.3, 0.4) is 0 Å². The Balaban J connectivity index is 1.88. The number of hydrogen-bond acceptors (Lipinski definition) is 6. The molecule has 2 aromatic rings. The van der Waals surface area contributed by atoms with E-state index >= 15 is 0 Å². The Morgan fingerprint density at radius 3 is 3.10 bits per heavy atom. The summed E-state index contributed by atoms with van der Waals surface area (Å²) in [6.07, 6.45) is 6.14. The molecule has 1 aliphatic carbocycles. The minimum atomic E-state index is -0.277. The van der Waals surface area contributed by atoms with Crippen LogP contribution in [0.15, 0.2) is 18.3 Å². The number of aliphatic hydroxyl groups is 1. The van der Waals surface area contributed by atoms with E-state index in [1.807, 2.05) is 12.1 Å². The van der Waals surface area contributed by atoms with Gasteiger partial charge in [-0.25, -0.2) is 4.98 Å². The first-order valence-corrected chi connectivity index (χ1v) is 7.46. The lowest BCUT2D eigenvalue weighted by Crippen LogP contribution is -2.29. The molecule has 0 spiro atoms. The van der Waals surface area contributed by atoms with Gasteiger partial charge in [0.2, 0.25) is 5.95 Å². The maximum atomic E-state index is 9.77. The van der Waals surface area contributed by atoms with E-state index in [0.717, 1.165) is 12.8 Å². The molecule has 1 fully saturated rings. The van der Waals surface area contributed by atoms with Crippen molar-refractivity contribution < 1.29 is 5.11 Å². The highest BCUT2D eigenvalue weighted by Gasteiger charge is 2.53. The number of anilines is 2. The van der Waals surface area contributed by atoms with Crippen molar-refractivity contribution in [3.8, 4) is 0 Å². The van der Waals surface area contributed by atoms with Crippen LogP contribution < -0.4 is 11.1 Å². The lowest BCUT2D eigenvalue weighted by atomic mass is 10.1. The average molecular weight is 287 g/mol. The van der Waals surface area contributed by atoms with Gasteiger partial charge >= 0.3 is 0 Å². The number of unbranched alkanes of at least 4 members (excludes halogenated alkanes) is 1. The lowest BCUT2D eigenvalue weighted by molar-refractivity contribution is 0.255. The van der Waals surface area contributed by atoms with Gasteiger partial charge in [-0.2, -0.15) is 4.98 Å². The van der Waals surface area contributed by atoms with Gasteiger partial charge in [-0.15, -0.1) is 0 Å². The largest absolute Gasteiger partial charge is 0.394 e. The number of nitrogens with one attached hydrogen (secondary N) is 1. The summed E-state index contributed by atoms with van der Waals surface area (Å²) < 4.78 is 0. The van der Waals surface area contributed by atoms with Gasteiger partial charge in [-0.05, 0) is 30.9 Å². The average Bonchev–Trinajstić information content (AvgIpc) is 3.18. The third-order valence-electron chi connectivity index (χ3n) is 4.26. The van der Waals surface area contributed by atoms with E-state index in [4.69, 9.17) is 5.73 Å². The van der Waals surface area contributed by atoms with Crippen molar-refractivity contribution in [3.05, 3.63) is 18.3 Å². The molecule has 1 saturated carbocycles. The zero-order valence-electron chi connectivity index (χ0n) is 12.2. The highest BCUT2D eigenvalue weighted by Crippen LogP contribution is 2.49. The fourth-order valence-electron chi connectivity index (χ4n) is 2.90. The molecule has 3 rings (SSSR count). The van der Waals surface area contributed by atoms with Crippen LogP contribution in [-0.2, 0) is 0 Å². The van der Waals surface area contributed by atoms with Crippen molar-refractivity contribution in [2.45, 2.75) is 38.1 Å². The normalized spacial score (nSPS) is 24.2. The number of aliphatic hydroxyl groups excluding tert-OH is 1. The number of nitrogen functional groups attached to an aromatic ring is 1. The molecule has 0 saturated heterocycles. The predicted octanol–water partition coefficient (Wildman–Crippen LogP) is 1.96. The summed E-state index contributed by atoms with van der Waals surface area (Å²) in [5, 5.41) is 13.1. The predicted molar refractivity (Wildman–Crippen MR) is 82.8 cm³/mol. The van der Waals surface area contributed by atoms with E-state index in [1.165, 1.54) is 12.8 Å². The van der Waals surface area contributed by atoms with E-state index in [0.29, 0.717) is 22.8 Å².